The molecule has 0 spiro atoms. The predicted molar refractivity (Wildman–Crippen MR) is 121 cm³/mol. The molecule has 0 N–H and O–H groups in total. The van der Waals surface area contributed by atoms with E-state index in [9.17, 15) is 0 Å². The third-order valence-corrected chi connectivity index (χ3v) is 10.1. The van der Waals surface area contributed by atoms with Crippen molar-refractivity contribution in [1.29, 1.82) is 0 Å². The molecule has 0 saturated heterocycles. The van der Waals surface area contributed by atoms with Crippen molar-refractivity contribution >= 4 is 29.6 Å². The molecule has 2 nitrogen and oxygen atoms in total. The molecular weight excluding hydrogens is 356 g/mol. The number of nitrogens with zero attached hydrogens (tertiary/aromatic N) is 2. The Hall–Kier alpha value is -3.17. The maximum absolute atomic E-state index is 4.75. The van der Waals surface area contributed by atoms with Gasteiger partial charge in [-0.25, -0.2) is 4.98 Å². The molecule has 3 heteroatoms. The first-order valence-corrected chi connectivity index (χ1v) is 11.7. The summed E-state index contributed by atoms with van der Waals surface area (Å²) in [6, 6.07) is 39.0. The lowest BCUT2D eigenvalue weighted by Gasteiger charge is -2.43. The van der Waals surface area contributed by atoms with Gasteiger partial charge >= 0.3 is 0 Å². The van der Waals surface area contributed by atoms with Gasteiger partial charge in [-0.15, -0.1) is 0 Å². The van der Waals surface area contributed by atoms with E-state index in [0.29, 0.717) is 0 Å². The quantitative estimate of drug-likeness (QED) is 0.375. The lowest BCUT2D eigenvalue weighted by atomic mass is 10.3. The van der Waals surface area contributed by atoms with Gasteiger partial charge in [0.25, 0.3) is 8.24 Å². The van der Waals surface area contributed by atoms with Crippen LogP contribution in [0.5, 0.6) is 0 Å². The van der Waals surface area contributed by atoms with Crippen molar-refractivity contribution in [3.05, 3.63) is 115 Å². The maximum Gasteiger partial charge on any atom is 0.254 e. The van der Waals surface area contributed by atoms with E-state index >= 15 is 0 Å². The molecule has 0 atom stereocenters. The smallest absolute Gasteiger partial charge is 0.254 e. The molecule has 0 aliphatic heterocycles. The lowest BCUT2D eigenvalue weighted by molar-refractivity contribution is 1.03. The van der Waals surface area contributed by atoms with E-state index in [4.69, 9.17) is 4.98 Å². The zero-order valence-corrected chi connectivity index (χ0v) is 17.1. The van der Waals surface area contributed by atoms with Gasteiger partial charge in [-0.05, 0) is 34.6 Å². The topological polar surface area (TPSA) is 16.1 Å². The molecule has 1 heterocycles. The molecule has 0 amide bonds. The van der Waals surface area contributed by atoms with E-state index in [0.717, 1.165) is 12.4 Å². The average Bonchev–Trinajstić information content (AvgIpc) is 2.80. The minimum Gasteiger partial charge on any atom is -0.372 e. The standard InChI is InChI=1S/C25H24N2Si/c1-2-27(25-20-12-13-21-26-25)28(22-14-6-3-7-15-22,23-16-8-4-9-17-23)24-18-10-5-11-19-24/h3-21H,2H2,1H3. The summed E-state index contributed by atoms with van der Waals surface area (Å²) >= 11 is 0. The Bertz CT molecular complexity index is 893. The largest absolute Gasteiger partial charge is 0.372 e. The summed E-state index contributed by atoms with van der Waals surface area (Å²) in [4.78, 5) is 4.75. The Morgan fingerprint density at radius 1 is 0.607 bits per heavy atom. The van der Waals surface area contributed by atoms with Crippen molar-refractivity contribution in [2.24, 2.45) is 0 Å². The predicted octanol–water partition coefficient (Wildman–Crippen LogP) is 3.58. The van der Waals surface area contributed by atoms with Crippen LogP contribution in [0, 0.1) is 0 Å². The van der Waals surface area contributed by atoms with E-state index in [1.807, 2.05) is 12.3 Å². The highest BCUT2D eigenvalue weighted by molar-refractivity contribution is 7.13. The molecule has 0 bridgehead atoms. The first kappa shape index (κ1) is 18.2. The van der Waals surface area contributed by atoms with Gasteiger partial charge in [-0.2, -0.15) is 0 Å². The van der Waals surface area contributed by atoms with Gasteiger partial charge in [-0.1, -0.05) is 97.1 Å². The van der Waals surface area contributed by atoms with Crippen LogP contribution in [0.3, 0.4) is 0 Å². The van der Waals surface area contributed by atoms with Crippen LogP contribution in [0.15, 0.2) is 115 Å². The number of hydrogen-bond donors (Lipinski definition) is 0. The van der Waals surface area contributed by atoms with E-state index in [1.165, 1.54) is 15.6 Å². The van der Waals surface area contributed by atoms with E-state index in [2.05, 4.69) is 115 Å². The molecule has 3 aromatic carbocycles. The monoisotopic (exact) mass is 380 g/mol. The van der Waals surface area contributed by atoms with Crippen LogP contribution >= 0.6 is 0 Å². The molecule has 1 aromatic heterocycles. The minimum absolute atomic E-state index is 0.877. The van der Waals surface area contributed by atoms with Gasteiger partial charge in [0.1, 0.15) is 5.82 Å². The zero-order valence-electron chi connectivity index (χ0n) is 16.1. The Morgan fingerprint density at radius 2 is 1.04 bits per heavy atom. The minimum atomic E-state index is -2.52. The van der Waals surface area contributed by atoms with Gasteiger partial charge in [0, 0.05) is 12.7 Å². The van der Waals surface area contributed by atoms with Crippen molar-refractivity contribution in [2.45, 2.75) is 6.92 Å². The molecular formula is C25H24N2Si. The Labute approximate surface area is 168 Å². The summed E-state index contributed by atoms with van der Waals surface area (Å²) in [5, 5.41) is 4.08. The number of anilines is 1. The third kappa shape index (κ3) is 3.14. The SMILES string of the molecule is CCN(c1ccccn1)[Si](c1ccccc1)(c1ccccc1)c1ccccc1. The van der Waals surface area contributed by atoms with Crippen LogP contribution in [0.1, 0.15) is 6.92 Å². The van der Waals surface area contributed by atoms with Gasteiger partial charge in [0.05, 0.1) is 0 Å². The van der Waals surface area contributed by atoms with E-state index in [1.54, 1.807) is 0 Å². The second kappa shape index (κ2) is 8.24. The molecule has 0 saturated carbocycles. The summed E-state index contributed by atoms with van der Waals surface area (Å²) in [6.45, 7) is 3.10. The molecule has 0 aliphatic rings. The fraction of sp³-hybridized carbons (Fsp3) is 0.0800. The third-order valence-electron chi connectivity index (χ3n) is 5.22. The van der Waals surface area contributed by atoms with E-state index < -0.39 is 8.24 Å². The molecule has 28 heavy (non-hydrogen) atoms. The van der Waals surface area contributed by atoms with Crippen LogP contribution in [0.4, 0.5) is 5.82 Å². The zero-order chi connectivity index (χ0) is 19.2. The normalized spacial score (nSPS) is 11.2. The molecule has 0 unspecified atom stereocenters. The highest BCUT2D eigenvalue weighted by Crippen LogP contribution is 2.20. The second-order valence-corrected chi connectivity index (χ2v) is 10.4. The van der Waals surface area contributed by atoms with Gasteiger partial charge in [0.2, 0.25) is 0 Å². The number of rotatable bonds is 6. The molecule has 4 rings (SSSR count). The second-order valence-electron chi connectivity index (χ2n) is 6.74. The summed E-state index contributed by atoms with van der Waals surface area (Å²) in [6.07, 6.45) is 1.89. The van der Waals surface area contributed by atoms with Crippen molar-refractivity contribution in [3.63, 3.8) is 0 Å². The average molecular weight is 381 g/mol. The first-order chi connectivity index (χ1) is 13.9. The molecule has 0 fully saturated rings. The Morgan fingerprint density at radius 3 is 1.39 bits per heavy atom. The van der Waals surface area contributed by atoms with Gasteiger partial charge < -0.3 is 4.57 Å². The molecule has 0 aliphatic carbocycles. The Kier molecular flexibility index (Phi) is 5.35. The van der Waals surface area contributed by atoms with Gasteiger partial charge in [0.15, 0.2) is 0 Å². The van der Waals surface area contributed by atoms with E-state index in [-0.39, 0.29) is 0 Å². The van der Waals surface area contributed by atoms with Crippen LogP contribution in [0.25, 0.3) is 0 Å². The van der Waals surface area contributed by atoms with Crippen LogP contribution in [0.2, 0.25) is 0 Å². The number of aromatic nitrogens is 1. The fourth-order valence-corrected chi connectivity index (χ4v) is 9.00. The Balaban J connectivity index is 2.10. The van der Waals surface area contributed by atoms with Crippen LogP contribution < -0.4 is 20.1 Å². The van der Waals surface area contributed by atoms with Crippen LogP contribution in [-0.4, -0.2) is 19.8 Å². The summed E-state index contributed by atoms with van der Waals surface area (Å²) < 4.78 is 2.53. The first-order valence-electron chi connectivity index (χ1n) is 9.72. The summed E-state index contributed by atoms with van der Waals surface area (Å²) in [5.41, 5.74) is 0. The van der Waals surface area contributed by atoms with Gasteiger partial charge in [-0.3, -0.25) is 0 Å². The number of pyridine rings is 1. The van der Waals surface area contributed by atoms with Crippen molar-refractivity contribution in [1.82, 2.24) is 4.98 Å². The highest BCUT2D eigenvalue weighted by atomic mass is 28.3. The lowest BCUT2D eigenvalue weighted by Crippen LogP contribution is -2.77. The summed E-state index contributed by atoms with van der Waals surface area (Å²) in [5.74, 6) is 1.02. The number of benzene rings is 3. The van der Waals surface area contributed by atoms with Crippen LogP contribution in [-0.2, 0) is 0 Å². The molecule has 138 valence electrons. The summed E-state index contributed by atoms with van der Waals surface area (Å²) in [7, 11) is -2.52. The fourth-order valence-electron chi connectivity index (χ4n) is 4.09. The maximum atomic E-state index is 4.75. The van der Waals surface area contributed by atoms with Crippen molar-refractivity contribution in [2.75, 3.05) is 11.1 Å². The number of hydrogen-bond acceptors (Lipinski definition) is 2. The molecule has 0 radical (unpaired) electrons. The van der Waals surface area contributed by atoms with Crippen molar-refractivity contribution in [3.8, 4) is 0 Å². The van der Waals surface area contributed by atoms with Crippen molar-refractivity contribution < 1.29 is 0 Å². The highest BCUT2D eigenvalue weighted by Gasteiger charge is 2.45. The molecule has 4 aromatic rings.